The van der Waals surface area contributed by atoms with Gasteiger partial charge in [-0.1, -0.05) is 12.1 Å². The normalized spacial score (nSPS) is 20.1. The molecule has 0 radical (unpaired) electrons. The average molecular weight is 246 g/mol. The number of para-hydroxylation sites is 1. The number of aromatic hydroxyl groups is 1. The van der Waals surface area contributed by atoms with Gasteiger partial charge in [0.05, 0.1) is 17.6 Å². The van der Waals surface area contributed by atoms with Crippen LogP contribution in [-0.2, 0) is 4.74 Å². The molecule has 0 saturated carbocycles. The number of ether oxygens (including phenoxy) is 1. The summed E-state index contributed by atoms with van der Waals surface area (Å²) in [6.45, 7) is 1.19. The highest BCUT2D eigenvalue weighted by Crippen LogP contribution is 2.34. The zero-order chi connectivity index (χ0) is 12.5. The van der Waals surface area contributed by atoms with E-state index in [0.717, 1.165) is 19.4 Å². The Morgan fingerprint density at radius 3 is 2.89 bits per heavy atom. The van der Waals surface area contributed by atoms with E-state index in [9.17, 15) is 9.90 Å². The summed E-state index contributed by atoms with van der Waals surface area (Å²) < 4.78 is 10.6. The molecule has 1 aliphatic heterocycles. The van der Waals surface area contributed by atoms with Gasteiger partial charge in [-0.05, 0) is 25.0 Å². The van der Waals surface area contributed by atoms with Gasteiger partial charge in [0, 0.05) is 12.5 Å². The van der Waals surface area contributed by atoms with E-state index in [1.165, 1.54) is 0 Å². The Labute approximate surface area is 104 Å². The van der Waals surface area contributed by atoms with Crippen molar-refractivity contribution in [2.75, 3.05) is 13.2 Å². The quantitative estimate of drug-likeness (QED) is 0.785. The molecule has 0 aliphatic carbocycles. The van der Waals surface area contributed by atoms with E-state index >= 15 is 0 Å². The van der Waals surface area contributed by atoms with Crippen LogP contribution in [-0.4, -0.2) is 18.3 Å². The summed E-state index contributed by atoms with van der Waals surface area (Å²) in [5.74, 6) is -0.0306. The van der Waals surface area contributed by atoms with Crippen molar-refractivity contribution in [3.8, 4) is 5.75 Å². The van der Waals surface area contributed by atoms with Crippen LogP contribution >= 0.6 is 0 Å². The molecule has 0 spiro atoms. The molecule has 4 heteroatoms. The molecule has 1 aromatic heterocycles. The van der Waals surface area contributed by atoms with Gasteiger partial charge in [0.2, 0.25) is 0 Å². The molecule has 1 N–H and O–H groups in total. The fraction of sp³-hybridized carbons (Fsp3) is 0.357. The first-order chi connectivity index (χ1) is 8.77. The SMILES string of the molecule is O=c1oc2ccccc2c(O)c1C1CCCOC1. The van der Waals surface area contributed by atoms with Crippen molar-refractivity contribution in [1.29, 1.82) is 0 Å². The largest absolute Gasteiger partial charge is 0.507 e. The third-order valence-corrected chi connectivity index (χ3v) is 3.39. The molecule has 1 saturated heterocycles. The van der Waals surface area contributed by atoms with Crippen LogP contribution in [0.5, 0.6) is 5.75 Å². The number of benzene rings is 1. The summed E-state index contributed by atoms with van der Waals surface area (Å²) in [5, 5.41) is 10.8. The highest BCUT2D eigenvalue weighted by atomic mass is 16.5. The molecule has 1 aliphatic rings. The third-order valence-electron chi connectivity index (χ3n) is 3.39. The summed E-state index contributed by atoms with van der Waals surface area (Å²) in [5.41, 5.74) is 0.315. The molecule has 1 atom stereocenters. The van der Waals surface area contributed by atoms with E-state index in [-0.39, 0.29) is 11.7 Å². The molecule has 1 aromatic carbocycles. The molecule has 4 nitrogen and oxygen atoms in total. The molecule has 94 valence electrons. The topological polar surface area (TPSA) is 59.7 Å². The van der Waals surface area contributed by atoms with Crippen LogP contribution in [0, 0.1) is 0 Å². The van der Waals surface area contributed by atoms with Gasteiger partial charge >= 0.3 is 5.63 Å². The number of hydrogen-bond donors (Lipinski definition) is 1. The Hall–Kier alpha value is -1.81. The van der Waals surface area contributed by atoms with Crippen molar-refractivity contribution in [2.24, 2.45) is 0 Å². The van der Waals surface area contributed by atoms with Crippen molar-refractivity contribution in [3.63, 3.8) is 0 Å². The van der Waals surface area contributed by atoms with E-state index in [1.54, 1.807) is 18.2 Å². The predicted octanol–water partition coefficient (Wildman–Crippen LogP) is 2.39. The smallest absolute Gasteiger partial charge is 0.343 e. The summed E-state index contributed by atoms with van der Waals surface area (Å²) in [4.78, 5) is 12.0. The summed E-state index contributed by atoms with van der Waals surface area (Å²) >= 11 is 0. The minimum atomic E-state index is -0.457. The van der Waals surface area contributed by atoms with Gasteiger partial charge in [0.1, 0.15) is 11.3 Å². The van der Waals surface area contributed by atoms with Crippen LogP contribution in [0.1, 0.15) is 24.3 Å². The van der Waals surface area contributed by atoms with Crippen LogP contribution < -0.4 is 5.63 Å². The zero-order valence-corrected chi connectivity index (χ0v) is 9.89. The first-order valence-corrected chi connectivity index (χ1v) is 6.10. The maximum Gasteiger partial charge on any atom is 0.343 e. The number of rotatable bonds is 1. The van der Waals surface area contributed by atoms with Gasteiger partial charge in [-0.2, -0.15) is 0 Å². The molecule has 2 heterocycles. The second kappa shape index (κ2) is 4.46. The second-order valence-electron chi connectivity index (χ2n) is 4.56. The maximum atomic E-state index is 12.0. The van der Waals surface area contributed by atoms with Gasteiger partial charge in [0.15, 0.2) is 0 Å². The van der Waals surface area contributed by atoms with Crippen LogP contribution in [0.15, 0.2) is 33.5 Å². The van der Waals surface area contributed by atoms with Crippen LogP contribution in [0.3, 0.4) is 0 Å². The van der Waals surface area contributed by atoms with Crippen molar-refractivity contribution in [3.05, 3.63) is 40.2 Å². The maximum absolute atomic E-state index is 12.0. The first kappa shape index (κ1) is 11.3. The average Bonchev–Trinajstić information content (AvgIpc) is 2.40. The van der Waals surface area contributed by atoms with Gasteiger partial charge in [-0.15, -0.1) is 0 Å². The Morgan fingerprint density at radius 1 is 1.28 bits per heavy atom. The lowest BCUT2D eigenvalue weighted by Gasteiger charge is -2.22. The van der Waals surface area contributed by atoms with Crippen LogP contribution in [0.4, 0.5) is 0 Å². The van der Waals surface area contributed by atoms with Crippen molar-refractivity contribution in [2.45, 2.75) is 18.8 Å². The third kappa shape index (κ3) is 1.78. The van der Waals surface area contributed by atoms with Crippen molar-refractivity contribution in [1.82, 2.24) is 0 Å². The van der Waals surface area contributed by atoms with Gasteiger partial charge in [0.25, 0.3) is 0 Å². The molecule has 0 amide bonds. The standard InChI is InChI=1S/C14H14O4/c15-13-10-5-1-2-6-11(10)18-14(16)12(13)9-4-3-7-17-8-9/h1-2,5-6,9,15H,3-4,7-8H2. The molecule has 0 bridgehead atoms. The van der Waals surface area contributed by atoms with E-state index in [1.807, 2.05) is 6.07 Å². The molecular weight excluding hydrogens is 232 g/mol. The lowest BCUT2D eigenvalue weighted by atomic mass is 9.93. The summed E-state index contributed by atoms with van der Waals surface area (Å²) in [6.07, 6.45) is 1.74. The molecule has 18 heavy (non-hydrogen) atoms. The molecule has 2 aromatic rings. The minimum absolute atomic E-state index is 0.0392. The van der Waals surface area contributed by atoms with Crippen LogP contribution in [0.2, 0.25) is 0 Å². The molecular formula is C14H14O4. The van der Waals surface area contributed by atoms with Crippen molar-refractivity contribution >= 4 is 11.0 Å². The van der Waals surface area contributed by atoms with Gasteiger partial charge < -0.3 is 14.3 Å². The lowest BCUT2D eigenvalue weighted by molar-refractivity contribution is 0.0788. The monoisotopic (exact) mass is 246 g/mol. The fourth-order valence-electron chi connectivity index (χ4n) is 2.48. The number of fused-ring (bicyclic) bond motifs is 1. The van der Waals surface area contributed by atoms with E-state index in [4.69, 9.17) is 9.15 Å². The summed E-state index contributed by atoms with van der Waals surface area (Å²) in [7, 11) is 0. The second-order valence-corrected chi connectivity index (χ2v) is 4.56. The number of hydrogen-bond acceptors (Lipinski definition) is 4. The minimum Gasteiger partial charge on any atom is -0.507 e. The zero-order valence-electron chi connectivity index (χ0n) is 9.89. The van der Waals surface area contributed by atoms with E-state index < -0.39 is 5.63 Å². The highest BCUT2D eigenvalue weighted by molar-refractivity contribution is 5.84. The van der Waals surface area contributed by atoms with Gasteiger partial charge in [-0.25, -0.2) is 4.79 Å². The van der Waals surface area contributed by atoms with Gasteiger partial charge in [-0.3, -0.25) is 0 Å². The molecule has 1 unspecified atom stereocenters. The first-order valence-electron chi connectivity index (χ1n) is 6.10. The summed E-state index contributed by atoms with van der Waals surface area (Å²) in [6, 6.07) is 7.01. The van der Waals surface area contributed by atoms with Crippen LogP contribution in [0.25, 0.3) is 11.0 Å². The Balaban J connectivity index is 2.19. The van der Waals surface area contributed by atoms with E-state index in [2.05, 4.69) is 0 Å². The van der Waals surface area contributed by atoms with Crippen molar-refractivity contribution < 1.29 is 14.3 Å². The molecule has 3 rings (SSSR count). The Morgan fingerprint density at radius 2 is 2.11 bits per heavy atom. The predicted molar refractivity (Wildman–Crippen MR) is 66.9 cm³/mol. The lowest BCUT2D eigenvalue weighted by Crippen LogP contribution is -2.21. The highest BCUT2D eigenvalue weighted by Gasteiger charge is 2.25. The Kier molecular flexibility index (Phi) is 2.80. The Bertz CT molecular complexity index is 623. The molecule has 1 fully saturated rings. The fourth-order valence-corrected chi connectivity index (χ4v) is 2.48. The van der Waals surface area contributed by atoms with E-state index in [0.29, 0.717) is 23.1 Å².